The van der Waals surface area contributed by atoms with Crippen molar-refractivity contribution in [2.45, 2.75) is 19.7 Å². The van der Waals surface area contributed by atoms with Crippen LogP contribution in [0.2, 0.25) is 0 Å². The van der Waals surface area contributed by atoms with E-state index in [0.717, 1.165) is 22.2 Å². The molecule has 0 aliphatic rings. The molecule has 0 saturated heterocycles. The number of alkyl halides is 1. The Bertz CT molecular complexity index is 798. The van der Waals surface area contributed by atoms with Crippen molar-refractivity contribution in [3.63, 3.8) is 0 Å². The summed E-state index contributed by atoms with van der Waals surface area (Å²) in [7, 11) is 0. The Hall–Kier alpha value is -2.06. The van der Waals surface area contributed by atoms with Gasteiger partial charge in [0, 0.05) is 10.9 Å². The molecule has 2 aromatic carbocycles. The molecule has 0 radical (unpaired) electrons. The van der Waals surface area contributed by atoms with Crippen molar-refractivity contribution in [1.82, 2.24) is 4.98 Å². The number of fused-ring (bicyclic) bond motifs is 1. The molecule has 21 heavy (non-hydrogen) atoms. The summed E-state index contributed by atoms with van der Waals surface area (Å²) in [6.07, 6.45) is 0. The van der Waals surface area contributed by atoms with Crippen LogP contribution < -0.4 is 4.74 Å². The van der Waals surface area contributed by atoms with Gasteiger partial charge in [0.25, 0.3) is 0 Å². The van der Waals surface area contributed by atoms with Crippen LogP contribution in [0.4, 0.5) is 0 Å². The highest BCUT2D eigenvalue weighted by Crippen LogP contribution is 2.29. The van der Waals surface area contributed by atoms with Gasteiger partial charge in [0.05, 0.1) is 11.4 Å². The Morgan fingerprint density at radius 2 is 1.81 bits per heavy atom. The van der Waals surface area contributed by atoms with Crippen LogP contribution in [0.5, 0.6) is 11.6 Å². The van der Waals surface area contributed by atoms with E-state index in [4.69, 9.17) is 16.3 Å². The fourth-order valence-corrected chi connectivity index (χ4v) is 2.41. The second-order valence-corrected chi connectivity index (χ2v) is 5.39. The second kappa shape index (κ2) is 5.74. The summed E-state index contributed by atoms with van der Waals surface area (Å²) < 4.78 is 5.95. The molecular weight excluding hydrogens is 282 g/mol. The van der Waals surface area contributed by atoms with Crippen molar-refractivity contribution in [2.75, 3.05) is 0 Å². The highest BCUT2D eigenvalue weighted by molar-refractivity contribution is 6.17. The summed E-state index contributed by atoms with van der Waals surface area (Å²) in [5.41, 5.74) is 4.24. The Morgan fingerprint density at radius 1 is 1.00 bits per heavy atom. The minimum Gasteiger partial charge on any atom is -0.439 e. The summed E-state index contributed by atoms with van der Waals surface area (Å²) >= 11 is 6.04. The molecule has 106 valence electrons. The number of para-hydroxylation sites is 1. The van der Waals surface area contributed by atoms with Crippen LogP contribution in [-0.2, 0) is 5.88 Å². The zero-order valence-electron chi connectivity index (χ0n) is 12.1. The molecule has 0 spiro atoms. The first-order chi connectivity index (χ1) is 10.2. The molecule has 3 rings (SSSR count). The molecule has 0 N–H and O–H groups in total. The lowest BCUT2D eigenvalue weighted by atomic mass is 10.1. The molecule has 0 aliphatic carbocycles. The monoisotopic (exact) mass is 297 g/mol. The van der Waals surface area contributed by atoms with Crippen molar-refractivity contribution in [2.24, 2.45) is 0 Å². The van der Waals surface area contributed by atoms with Crippen LogP contribution >= 0.6 is 11.6 Å². The third kappa shape index (κ3) is 2.86. The van der Waals surface area contributed by atoms with Crippen LogP contribution in [0.15, 0.2) is 48.5 Å². The Labute approximate surface area is 129 Å². The van der Waals surface area contributed by atoms with E-state index in [9.17, 15) is 0 Å². The third-order valence-corrected chi connectivity index (χ3v) is 3.89. The molecule has 0 fully saturated rings. The van der Waals surface area contributed by atoms with Gasteiger partial charge in [-0.3, -0.25) is 0 Å². The zero-order valence-corrected chi connectivity index (χ0v) is 12.8. The number of pyridine rings is 1. The van der Waals surface area contributed by atoms with E-state index >= 15 is 0 Å². The number of benzene rings is 2. The van der Waals surface area contributed by atoms with Gasteiger partial charge in [-0.05, 0) is 49.2 Å². The summed E-state index contributed by atoms with van der Waals surface area (Å²) in [6.45, 7) is 4.15. The van der Waals surface area contributed by atoms with E-state index in [1.807, 2.05) is 48.5 Å². The maximum absolute atomic E-state index is 6.04. The predicted molar refractivity (Wildman–Crippen MR) is 87.3 cm³/mol. The molecule has 0 amide bonds. The molecule has 0 unspecified atom stereocenters. The lowest BCUT2D eigenvalue weighted by Gasteiger charge is -2.11. The molecule has 0 bridgehead atoms. The summed E-state index contributed by atoms with van der Waals surface area (Å²) in [4.78, 5) is 4.59. The van der Waals surface area contributed by atoms with Gasteiger partial charge < -0.3 is 4.74 Å². The van der Waals surface area contributed by atoms with Gasteiger partial charge in [0.1, 0.15) is 5.75 Å². The number of ether oxygens (including phenoxy) is 1. The van der Waals surface area contributed by atoms with Gasteiger partial charge in [0.2, 0.25) is 5.88 Å². The second-order valence-electron chi connectivity index (χ2n) is 5.13. The molecule has 1 heterocycles. The molecule has 3 aromatic rings. The maximum Gasteiger partial charge on any atom is 0.224 e. The van der Waals surface area contributed by atoms with E-state index in [0.29, 0.717) is 11.8 Å². The van der Waals surface area contributed by atoms with Crippen molar-refractivity contribution in [3.05, 3.63) is 65.2 Å². The minimum atomic E-state index is 0.373. The van der Waals surface area contributed by atoms with Gasteiger partial charge in [-0.15, -0.1) is 11.6 Å². The van der Waals surface area contributed by atoms with Crippen LogP contribution in [0.25, 0.3) is 10.9 Å². The van der Waals surface area contributed by atoms with E-state index in [-0.39, 0.29) is 0 Å². The van der Waals surface area contributed by atoms with E-state index in [1.54, 1.807) is 0 Å². The Morgan fingerprint density at radius 3 is 2.57 bits per heavy atom. The number of halogens is 1. The summed E-state index contributed by atoms with van der Waals surface area (Å²) in [6, 6.07) is 16.0. The standard InChI is InChI=1S/C18H16ClNO/c1-12-7-8-16(9-13(12)2)21-18-15(11-19)10-14-5-3-4-6-17(14)20-18/h3-10H,11H2,1-2H3. The molecule has 0 atom stereocenters. The van der Waals surface area contributed by atoms with Gasteiger partial charge in [-0.25, -0.2) is 4.98 Å². The smallest absolute Gasteiger partial charge is 0.224 e. The van der Waals surface area contributed by atoms with Gasteiger partial charge in [-0.1, -0.05) is 24.3 Å². The van der Waals surface area contributed by atoms with Crippen LogP contribution in [0, 0.1) is 13.8 Å². The topological polar surface area (TPSA) is 22.1 Å². The van der Waals surface area contributed by atoms with Gasteiger partial charge in [-0.2, -0.15) is 0 Å². The number of aryl methyl sites for hydroxylation is 2. The fourth-order valence-electron chi connectivity index (χ4n) is 2.22. The maximum atomic E-state index is 6.04. The molecule has 0 saturated carbocycles. The van der Waals surface area contributed by atoms with Crippen LogP contribution in [-0.4, -0.2) is 4.98 Å². The highest BCUT2D eigenvalue weighted by atomic mass is 35.5. The van der Waals surface area contributed by atoms with Crippen LogP contribution in [0.1, 0.15) is 16.7 Å². The quantitative estimate of drug-likeness (QED) is 0.605. The SMILES string of the molecule is Cc1ccc(Oc2nc3ccccc3cc2CCl)cc1C. The van der Waals surface area contributed by atoms with E-state index < -0.39 is 0 Å². The Balaban J connectivity index is 2.04. The first-order valence-corrected chi connectivity index (χ1v) is 7.40. The Kier molecular flexibility index (Phi) is 3.80. The molecule has 0 aliphatic heterocycles. The normalized spacial score (nSPS) is 10.8. The van der Waals surface area contributed by atoms with Crippen molar-refractivity contribution in [1.29, 1.82) is 0 Å². The number of aromatic nitrogens is 1. The summed E-state index contributed by atoms with van der Waals surface area (Å²) in [5, 5.41) is 1.07. The average molecular weight is 298 g/mol. The van der Waals surface area contributed by atoms with Crippen molar-refractivity contribution < 1.29 is 4.74 Å². The molecule has 2 nitrogen and oxygen atoms in total. The summed E-state index contributed by atoms with van der Waals surface area (Å²) in [5.74, 6) is 1.73. The fraction of sp³-hybridized carbons (Fsp3) is 0.167. The number of nitrogens with zero attached hydrogens (tertiary/aromatic N) is 1. The van der Waals surface area contributed by atoms with Gasteiger partial charge >= 0.3 is 0 Å². The number of rotatable bonds is 3. The highest BCUT2D eigenvalue weighted by Gasteiger charge is 2.09. The lowest BCUT2D eigenvalue weighted by molar-refractivity contribution is 0.460. The number of hydrogen-bond acceptors (Lipinski definition) is 2. The molecular formula is C18H16ClNO. The largest absolute Gasteiger partial charge is 0.439 e. The number of hydrogen-bond donors (Lipinski definition) is 0. The third-order valence-electron chi connectivity index (χ3n) is 3.60. The van der Waals surface area contributed by atoms with E-state index in [1.165, 1.54) is 11.1 Å². The van der Waals surface area contributed by atoms with Gasteiger partial charge in [0.15, 0.2) is 0 Å². The van der Waals surface area contributed by atoms with Crippen LogP contribution in [0.3, 0.4) is 0 Å². The minimum absolute atomic E-state index is 0.373. The molecule has 3 heteroatoms. The predicted octanol–water partition coefficient (Wildman–Crippen LogP) is 5.38. The average Bonchev–Trinajstić information content (AvgIpc) is 2.50. The molecule has 1 aromatic heterocycles. The first kappa shape index (κ1) is 13.9. The van der Waals surface area contributed by atoms with E-state index in [2.05, 4.69) is 18.8 Å². The first-order valence-electron chi connectivity index (χ1n) is 6.87. The zero-order chi connectivity index (χ0) is 14.8. The van der Waals surface area contributed by atoms with Crippen molar-refractivity contribution >= 4 is 22.5 Å². The van der Waals surface area contributed by atoms with Crippen molar-refractivity contribution in [3.8, 4) is 11.6 Å². The lowest BCUT2D eigenvalue weighted by Crippen LogP contribution is -1.95.